The van der Waals surface area contributed by atoms with Gasteiger partial charge in [-0.3, -0.25) is 0 Å². The fraction of sp³-hybridized carbons (Fsp3) is 0.250. The summed E-state index contributed by atoms with van der Waals surface area (Å²) in [5.41, 5.74) is 0.967. The van der Waals surface area contributed by atoms with E-state index in [-0.39, 0.29) is 6.10 Å². The van der Waals surface area contributed by atoms with E-state index in [9.17, 15) is 5.11 Å². The average Bonchev–Trinajstić information content (AvgIpc) is 2.47. The van der Waals surface area contributed by atoms with Crippen molar-refractivity contribution in [1.82, 2.24) is 5.32 Å². The van der Waals surface area contributed by atoms with Gasteiger partial charge in [0.25, 0.3) is 0 Å². The molecule has 0 aliphatic carbocycles. The molecule has 2 aromatic carbocycles. The largest absolute Gasteiger partial charge is 0.483 e. The van der Waals surface area contributed by atoms with Crippen LogP contribution in [0.4, 0.5) is 0 Å². The number of benzene rings is 2. The lowest BCUT2D eigenvalue weighted by molar-refractivity contribution is 0.0369. The summed E-state index contributed by atoms with van der Waals surface area (Å²) in [4.78, 5) is 0. The lowest BCUT2D eigenvalue weighted by Crippen LogP contribution is -2.32. The van der Waals surface area contributed by atoms with E-state index in [0.717, 1.165) is 11.3 Å². The van der Waals surface area contributed by atoms with Crippen LogP contribution in [-0.4, -0.2) is 24.8 Å². The van der Waals surface area contributed by atoms with E-state index in [1.165, 1.54) is 0 Å². The Labute approximate surface area is 113 Å². The van der Waals surface area contributed by atoms with E-state index < -0.39 is 6.10 Å². The Balaban J connectivity index is 2.20. The van der Waals surface area contributed by atoms with Gasteiger partial charge in [0.2, 0.25) is 0 Å². The normalized spacial score (nSPS) is 13.8. The van der Waals surface area contributed by atoms with E-state index in [2.05, 4.69) is 5.32 Å². The molecule has 100 valence electrons. The first-order valence-electron chi connectivity index (χ1n) is 6.40. The molecule has 0 radical (unpaired) electrons. The number of rotatable bonds is 6. The van der Waals surface area contributed by atoms with Gasteiger partial charge in [-0.25, -0.2) is 0 Å². The first-order chi connectivity index (χ1) is 9.31. The number of nitrogens with one attached hydrogen (secondary N) is 1. The summed E-state index contributed by atoms with van der Waals surface area (Å²) in [6.45, 7) is 0.479. The second kappa shape index (κ2) is 6.92. The summed E-state index contributed by atoms with van der Waals surface area (Å²) < 4.78 is 5.92. The summed E-state index contributed by atoms with van der Waals surface area (Å²) in [6.07, 6.45) is -0.983. The lowest BCUT2D eigenvalue weighted by Gasteiger charge is -2.24. The van der Waals surface area contributed by atoms with Gasteiger partial charge >= 0.3 is 0 Å². The van der Waals surface area contributed by atoms with E-state index in [0.29, 0.717) is 6.54 Å². The van der Waals surface area contributed by atoms with Crippen molar-refractivity contribution in [3.05, 3.63) is 66.2 Å². The second-order valence-electron chi connectivity index (χ2n) is 4.39. The number of aliphatic hydroxyl groups is 1. The molecule has 19 heavy (non-hydrogen) atoms. The van der Waals surface area contributed by atoms with Crippen LogP contribution in [0.2, 0.25) is 0 Å². The number of hydrogen-bond donors (Lipinski definition) is 2. The van der Waals surface area contributed by atoms with Crippen LogP contribution < -0.4 is 10.1 Å². The average molecular weight is 257 g/mol. The van der Waals surface area contributed by atoms with E-state index in [1.807, 2.05) is 67.7 Å². The van der Waals surface area contributed by atoms with Crippen molar-refractivity contribution in [2.75, 3.05) is 13.6 Å². The predicted octanol–water partition coefficient (Wildman–Crippen LogP) is 2.39. The third kappa shape index (κ3) is 3.81. The van der Waals surface area contributed by atoms with Crippen molar-refractivity contribution >= 4 is 0 Å². The van der Waals surface area contributed by atoms with Gasteiger partial charge in [0.15, 0.2) is 6.10 Å². The first kappa shape index (κ1) is 13.6. The Bertz CT molecular complexity index is 473. The number of hydrogen-bond acceptors (Lipinski definition) is 3. The summed E-state index contributed by atoms with van der Waals surface area (Å²) in [5.74, 6) is 0.756. The number of likely N-dealkylation sites (N-methyl/N-ethyl adjacent to an activating group) is 1. The third-order valence-corrected chi connectivity index (χ3v) is 2.90. The molecule has 2 aromatic rings. The zero-order chi connectivity index (χ0) is 13.5. The van der Waals surface area contributed by atoms with Crippen LogP contribution in [0.5, 0.6) is 5.75 Å². The number of ether oxygens (including phenoxy) is 1. The lowest BCUT2D eigenvalue weighted by atomic mass is 10.0. The van der Waals surface area contributed by atoms with Crippen molar-refractivity contribution in [1.29, 1.82) is 0 Å². The van der Waals surface area contributed by atoms with E-state index in [1.54, 1.807) is 0 Å². The molecule has 0 saturated heterocycles. The molecule has 0 spiro atoms. The Morgan fingerprint density at radius 1 is 1.00 bits per heavy atom. The van der Waals surface area contributed by atoms with E-state index in [4.69, 9.17) is 4.74 Å². The first-order valence-corrected chi connectivity index (χ1v) is 6.40. The van der Waals surface area contributed by atoms with Crippen molar-refractivity contribution < 1.29 is 9.84 Å². The maximum atomic E-state index is 10.2. The fourth-order valence-corrected chi connectivity index (χ4v) is 1.97. The van der Waals surface area contributed by atoms with Gasteiger partial charge in [0.05, 0.1) is 0 Å². The Hall–Kier alpha value is -1.84. The molecule has 3 nitrogen and oxygen atoms in total. The summed E-state index contributed by atoms with van der Waals surface area (Å²) in [5, 5.41) is 13.2. The summed E-state index contributed by atoms with van der Waals surface area (Å²) in [7, 11) is 1.81. The molecular weight excluding hydrogens is 238 g/mol. The standard InChI is InChI=1S/C16H19NO2/c1-17-12-15(18)16(13-8-4-2-5-9-13)19-14-10-6-3-7-11-14/h2-11,15-18H,12H2,1H3. The van der Waals surface area contributed by atoms with Crippen LogP contribution in [0, 0.1) is 0 Å². The van der Waals surface area contributed by atoms with Crippen LogP contribution in [0.15, 0.2) is 60.7 Å². The van der Waals surface area contributed by atoms with Gasteiger partial charge in [-0.05, 0) is 24.7 Å². The van der Waals surface area contributed by atoms with E-state index >= 15 is 0 Å². The quantitative estimate of drug-likeness (QED) is 0.835. The van der Waals surface area contributed by atoms with Crippen LogP contribution >= 0.6 is 0 Å². The molecule has 2 rings (SSSR count). The van der Waals surface area contributed by atoms with Crippen molar-refractivity contribution in [2.45, 2.75) is 12.2 Å². The highest BCUT2D eigenvalue weighted by Crippen LogP contribution is 2.24. The third-order valence-electron chi connectivity index (χ3n) is 2.90. The monoisotopic (exact) mass is 257 g/mol. The molecule has 0 bridgehead atoms. The predicted molar refractivity (Wildman–Crippen MR) is 76.2 cm³/mol. The van der Waals surface area contributed by atoms with Gasteiger partial charge < -0.3 is 15.2 Å². The van der Waals surface area contributed by atoms with Crippen molar-refractivity contribution in [2.24, 2.45) is 0 Å². The minimum absolute atomic E-state index is 0.379. The minimum atomic E-state index is -0.604. The van der Waals surface area contributed by atoms with Crippen molar-refractivity contribution in [3.8, 4) is 5.75 Å². The highest BCUT2D eigenvalue weighted by Gasteiger charge is 2.22. The van der Waals surface area contributed by atoms with Gasteiger partial charge in [-0.2, -0.15) is 0 Å². The van der Waals surface area contributed by atoms with Crippen LogP contribution in [0.25, 0.3) is 0 Å². The Kier molecular flexibility index (Phi) is 4.95. The smallest absolute Gasteiger partial charge is 0.151 e. The van der Waals surface area contributed by atoms with Gasteiger partial charge in [-0.15, -0.1) is 0 Å². The molecule has 2 unspecified atom stereocenters. The van der Waals surface area contributed by atoms with Gasteiger partial charge in [-0.1, -0.05) is 48.5 Å². The summed E-state index contributed by atoms with van der Waals surface area (Å²) >= 11 is 0. The number of aliphatic hydroxyl groups excluding tert-OH is 1. The second-order valence-corrected chi connectivity index (χ2v) is 4.39. The minimum Gasteiger partial charge on any atom is -0.483 e. The molecule has 0 amide bonds. The SMILES string of the molecule is CNCC(O)C(Oc1ccccc1)c1ccccc1. The zero-order valence-corrected chi connectivity index (χ0v) is 11.0. The van der Waals surface area contributed by atoms with Crippen LogP contribution in [-0.2, 0) is 0 Å². The highest BCUT2D eigenvalue weighted by molar-refractivity contribution is 5.25. The highest BCUT2D eigenvalue weighted by atomic mass is 16.5. The molecule has 0 heterocycles. The molecule has 0 saturated carbocycles. The fourth-order valence-electron chi connectivity index (χ4n) is 1.97. The van der Waals surface area contributed by atoms with Gasteiger partial charge in [0, 0.05) is 6.54 Å². The topological polar surface area (TPSA) is 41.5 Å². The molecular formula is C16H19NO2. The maximum Gasteiger partial charge on any atom is 0.151 e. The number of para-hydroxylation sites is 1. The Morgan fingerprint density at radius 3 is 2.16 bits per heavy atom. The zero-order valence-electron chi connectivity index (χ0n) is 11.0. The molecule has 0 fully saturated rings. The maximum absolute atomic E-state index is 10.2. The molecule has 2 N–H and O–H groups in total. The molecule has 0 aromatic heterocycles. The van der Waals surface area contributed by atoms with Gasteiger partial charge in [0.1, 0.15) is 11.9 Å². The van der Waals surface area contributed by atoms with Crippen LogP contribution in [0.3, 0.4) is 0 Å². The molecule has 2 atom stereocenters. The van der Waals surface area contributed by atoms with Crippen LogP contribution in [0.1, 0.15) is 11.7 Å². The molecule has 0 aliphatic heterocycles. The molecule has 3 heteroatoms. The summed E-state index contributed by atoms with van der Waals surface area (Å²) in [6, 6.07) is 19.3. The molecule has 0 aliphatic rings. The Morgan fingerprint density at radius 2 is 1.58 bits per heavy atom. The van der Waals surface area contributed by atoms with Crippen molar-refractivity contribution in [3.63, 3.8) is 0 Å².